The highest BCUT2D eigenvalue weighted by molar-refractivity contribution is 5.96. The molecule has 1 aliphatic rings. The average molecular weight is 231 g/mol. The van der Waals surface area contributed by atoms with Crippen molar-refractivity contribution in [3.05, 3.63) is 35.1 Å². The van der Waals surface area contributed by atoms with Crippen molar-refractivity contribution in [3.63, 3.8) is 0 Å². The number of benzene rings is 1. The molecule has 0 atom stereocenters. The molecule has 0 aromatic heterocycles. The van der Waals surface area contributed by atoms with Crippen LogP contribution in [0.4, 0.5) is 17.6 Å². The Kier molecular flexibility index (Phi) is 2.12. The van der Waals surface area contributed by atoms with Gasteiger partial charge in [-0.05, 0) is 26.0 Å². The van der Waals surface area contributed by atoms with Gasteiger partial charge < -0.3 is 0 Å². The molecule has 2 rings (SSSR count). The van der Waals surface area contributed by atoms with E-state index in [2.05, 4.69) is 4.99 Å². The van der Waals surface area contributed by atoms with Gasteiger partial charge in [-0.2, -0.15) is 13.2 Å². The van der Waals surface area contributed by atoms with Gasteiger partial charge in [-0.15, -0.1) is 0 Å². The molecular formula is C11H9F4N. The molecule has 0 N–H and O–H groups in total. The van der Waals surface area contributed by atoms with Crippen LogP contribution in [-0.4, -0.2) is 11.5 Å². The summed E-state index contributed by atoms with van der Waals surface area (Å²) in [5.74, 6) is -5.69. The predicted octanol–water partition coefficient (Wildman–Crippen LogP) is 3.43. The maximum absolute atomic E-state index is 13.9. The summed E-state index contributed by atoms with van der Waals surface area (Å²) in [5.41, 5.74) is -3.36. The number of rotatable bonds is 0. The van der Waals surface area contributed by atoms with Crippen LogP contribution in [0.25, 0.3) is 0 Å². The zero-order chi connectivity index (χ0) is 12.1. The average Bonchev–Trinajstić information content (AvgIpc) is 2.14. The maximum Gasteiger partial charge on any atom is 0.300 e. The summed E-state index contributed by atoms with van der Waals surface area (Å²) < 4.78 is 54.6. The number of alkyl halides is 2. The number of aliphatic imine (C=N–C) groups is 1. The van der Waals surface area contributed by atoms with Crippen molar-refractivity contribution in [2.75, 3.05) is 0 Å². The van der Waals surface area contributed by atoms with Crippen molar-refractivity contribution < 1.29 is 17.6 Å². The summed E-state index contributed by atoms with van der Waals surface area (Å²) in [6.45, 7) is 2.14. The fourth-order valence-corrected chi connectivity index (χ4v) is 1.70. The normalized spacial score (nSPS) is 21.2. The van der Waals surface area contributed by atoms with Gasteiger partial charge in [0, 0.05) is 5.56 Å². The van der Waals surface area contributed by atoms with Crippen molar-refractivity contribution in [2.45, 2.75) is 25.3 Å². The van der Waals surface area contributed by atoms with Gasteiger partial charge in [0.15, 0.2) is 0 Å². The highest BCUT2D eigenvalue weighted by Crippen LogP contribution is 2.47. The molecule has 0 saturated carbocycles. The van der Waals surface area contributed by atoms with Gasteiger partial charge in [-0.1, -0.05) is 6.07 Å². The molecule has 1 nitrogen and oxygen atoms in total. The first-order valence-electron chi connectivity index (χ1n) is 4.70. The third-order valence-corrected chi connectivity index (χ3v) is 2.70. The van der Waals surface area contributed by atoms with E-state index in [9.17, 15) is 17.6 Å². The lowest BCUT2D eigenvalue weighted by Crippen LogP contribution is -2.44. The standard InChI is InChI=1S/C11H9F4N/c1-10(2)11(14,15)8-6(9(13)16-10)4-3-5-7(8)12/h3-5H,1-2H3. The summed E-state index contributed by atoms with van der Waals surface area (Å²) in [6.07, 6.45) is 0. The Morgan fingerprint density at radius 1 is 1.12 bits per heavy atom. The largest absolute Gasteiger partial charge is 0.300 e. The van der Waals surface area contributed by atoms with Crippen LogP contribution in [0.3, 0.4) is 0 Å². The van der Waals surface area contributed by atoms with Gasteiger partial charge in [0.05, 0.1) is 5.56 Å². The number of hydrogen-bond acceptors (Lipinski definition) is 1. The van der Waals surface area contributed by atoms with Gasteiger partial charge in [0.25, 0.3) is 0 Å². The Balaban J connectivity index is 2.81. The Morgan fingerprint density at radius 3 is 2.38 bits per heavy atom. The summed E-state index contributed by atoms with van der Waals surface area (Å²) >= 11 is 0. The van der Waals surface area contributed by atoms with Gasteiger partial charge in [0.2, 0.25) is 5.97 Å². The van der Waals surface area contributed by atoms with Gasteiger partial charge >= 0.3 is 5.92 Å². The minimum Gasteiger partial charge on any atom is -0.244 e. The van der Waals surface area contributed by atoms with Crippen LogP contribution >= 0.6 is 0 Å². The van der Waals surface area contributed by atoms with Crippen molar-refractivity contribution in [1.82, 2.24) is 0 Å². The first kappa shape index (κ1) is 11.1. The lowest BCUT2D eigenvalue weighted by molar-refractivity contribution is -0.0717. The summed E-state index contributed by atoms with van der Waals surface area (Å²) in [4.78, 5) is 3.28. The third kappa shape index (κ3) is 1.27. The first-order chi connectivity index (χ1) is 7.27. The Hall–Kier alpha value is -1.39. The van der Waals surface area contributed by atoms with Gasteiger partial charge in [0.1, 0.15) is 11.4 Å². The van der Waals surface area contributed by atoms with Crippen LogP contribution in [0.5, 0.6) is 0 Å². The van der Waals surface area contributed by atoms with Crippen LogP contribution in [0.15, 0.2) is 23.2 Å². The molecule has 0 fully saturated rings. The minimum atomic E-state index is -3.52. The third-order valence-electron chi connectivity index (χ3n) is 2.70. The van der Waals surface area contributed by atoms with Crippen molar-refractivity contribution in [2.24, 2.45) is 4.99 Å². The molecule has 0 saturated heterocycles. The monoisotopic (exact) mass is 231 g/mol. The van der Waals surface area contributed by atoms with Crippen LogP contribution in [-0.2, 0) is 5.92 Å². The van der Waals surface area contributed by atoms with Gasteiger partial charge in [-0.3, -0.25) is 0 Å². The first-order valence-corrected chi connectivity index (χ1v) is 4.70. The lowest BCUT2D eigenvalue weighted by atomic mass is 9.85. The zero-order valence-corrected chi connectivity index (χ0v) is 8.69. The lowest BCUT2D eigenvalue weighted by Gasteiger charge is -2.35. The summed E-state index contributed by atoms with van der Waals surface area (Å²) in [7, 11) is 0. The van der Waals surface area contributed by atoms with Crippen LogP contribution in [0.1, 0.15) is 25.0 Å². The second-order valence-electron chi connectivity index (χ2n) is 4.20. The quantitative estimate of drug-likeness (QED) is 0.606. The SMILES string of the molecule is CC1(C)N=C(F)c2cccc(F)c2C1(F)F. The topological polar surface area (TPSA) is 12.4 Å². The van der Waals surface area contributed by atoms with E-state index in [1.807, 2.05) is 0 Å². The fourth-order valence-electron chi connectivity index (χ4n) is 1.70. The Bertz CT molecular complexity index is 477. The minimum absolute atomic E-state index is 0.468. The van der Waals surface area contributed by atoms with E-state index in [0.717, 1.165) is 26.0 Å². The van der Waals surface area contributed by atoms with E-state index >= 15 is 0 Å². The smallest absolute Gasteiger partial charge is 0.244 e. The van der Waals surface area contributed by atoms with E-state index in [1.165, 1.54) is 6.07 Å². The van der Waals surface area contributed by atoms with Crippen molar-refractivity contribution in [1.29, 1.82) is 0 Å². The number of halogens is 4. The molecule has 0 unspecified atom stereocenters. The number of nitrogens with zero attached hydrogens (tertiary/aromatic N) is 1. The molecule has 5 heteroatoms. The molecule has 0 bridgehead atoms. The molecule has 16 heavy (non-hydrogen) atoms. The Morgan fingerprint density at radius 2 is 1.75 bits per heavy atom. The molecule has 1 aromatic rings. The van der Waals surface area contributed by atoms with Crippen molar-refractivity contribution in [3.8, 4) is 0 Å². The van der Waals surface area contributed by atoms with Gasteiger partial charge in [-0.25, -0.2) is 9.38 Å². The number of fused-ring (bicyclic) bond motifs is 1. The zero-order valence-electron chi connectivity index (χ0n) is 8.69. The van der Waals surface area contributed by atoms with E-state index in [-0.39, 0.29) is 0 Å². The second-order valence-corrected chi connectivity index (χ2v) is 4.20. The molecule has 1 aliphatic heterocycles. The Labute approximate surface area is 89.8 Å². The summed E-state index contributed by atoms with van der Waals surface area (Å²) in [5, 5.41) is 0. The van der Waals surface area contributed by atoms with E-state index in [4.69, 9.17) is 0 Å². The van der Waals surface area contributed by atoms with E-state index in [0.29, 0.717) is 0 Å². The fraction of sp³-hybridized carbons (Fsp3) is 0.364. The molecular weight excluding hydrogens is 222 g/mol. The van der Waals surface area contributed by atoms with Crippen molar-refractivity contribution >= 4 is 5.97 Å². The molecule has 1 heterocycles. The van der Waals surface area contributed by atoms with E-state index < -0.39 is 34.4 Å². The maximum atomic E-state index is 13.9. The molecule has 86 valence electrons. The molecule has 0 aliphatic carbocycles. The highest BCUT2D eigenvalue weighted by Gasteiger charge is 2.54. The van der Waals surface area contributed by atoms with Crippen LogP contribution in [0.2, 0.25) is 0 Å². The highest BCUT2D eigenvalue weighted by atomic mass is 19.3. The second kappa shape index (κ2) is 3.06. The predicted molar refractivity (Wildman–Crippen MR) is 52.0 cm³/mol. The summed E-state index contributed by atoms with van der Waals surface area (Å²) in [6, 6.07) is 3.17. The molecule has 0 spiro atoms. The van der Waals surface area contributed by atoms with Crippen LogP contribution < -0.4 is 0 Å². The molecule has 0 amide bonds. The number of hydrogen-bond donors (Lipinski definition) is 0. The van der Waals surface area contributed by atoms with E-state index in [1.54, 1.807) is 0 Å². The molecule has 1 aromatic carbocycles. The molecule has 0 radical (unpaired) electrons. The van der Waals surface area contributed by atoms with Crippen LogP contribution in [0, 0.1) is 5.82 Å².